The van der Waals surface area contributed by atoms with Gasteiger partial charge in [0.2, 0.25) is 5.91 Å². The second-order valence-corrected chi connectivity index (χ2v) is 6.95. The number of benzene rings is 2. The van der Waals surface area contributed by atoms with E-state index in [4.69, 9.17) is 11.6 Å². The predicted molar refractivity (Wildman–Crippen MR) is 93.5 cm³/mol. The third-order valence-corrected chi connectivity index (χ3v) is 4.91. The number of nitrogens with zero attached hydrogens (tertiary/aromatic N) is 1. The van der Waals surface area contributed by atoms with Gasteiger partial charge in [0.25, 0.3) is 5.69 Å². The number of carbonyl (C=O) groups is 1. The first-order valence-corrected chi connectivity index (χ1v) is 8.43. The van der Waals surface area contributed by atoms with E-state index in [9.17, 15) is 28.1 Å². The fourth-order valence-corrected chi connectivity index (χ4v) is 3.16. The molecular formula is C16H12ClF3N2O3S. The maximum atomic E-state index is 13.1. The van der Waals surface area contributed by atoms with Crippen LogP contribution in [0.4, 0.5) is 24.5 Å². The Balaban J connectivity index is 2.22. The average molecular weight is 405 g/mol. The molecule has 0 spiro atoms. The molecule has 1 amide bonds. The molecular weight excluding hydrogens is 393 g/mol. The summed E-state index contributed by atoms with van der Waals surface area (Å²) in [5.41, 5.74) is -2.54. The third-order valence-electron chi connectivity index (χ3n) is 3.29. The van der Waals surface area contributed by atoms with E-state index in [2.05, 4.69) is 5.32 Å². The van der Waals surface area contributed by atoms with Crippen molar-refractivity contribution < 1.29 is 22.9 Å². The molecule has 2 aromatic carbocycles. The number of amides is 1. The maximum absolute atomic E-state index is 13.1. The Bertz CT molecular complexity index is 846. The van der Waals surface area contributed by atoms with Crippen molar-refractivity contribution in [2.75, 3.05) is 5.32 Å². The number of non-ortho nitro benzene ring substituents is 1. The Labute approximate surface area is 155 Å². The molecule has 1 N–H and O–H groups in total. The van der Waals surface area contributed by atoms with Gasteiger partial charge >= 0.3 is 6.18 Å². The SMILES string of the molecule is C[C@H](Sc1ccccc1Cl)C(=O)Nc1ccc([N+](=O)[O-])cc1C(F)(F)F. The Hall–Kier alpha value is -2.26. The van der Waals surface area contributed by atoms with E-state index >= 15 is 0 Å². The lowest BCUT2D eigenvalue weighted by molar-refractivity contribution is -0.385. The molecule has 0 bridgehead atoms. The van der Waals surface area contributed by atoms with Gasteiger partial charge in [-0.05, 0) is 25.1 Å². The van der Waals surface area contributed by atoms with E-state index in [1.807, 2.05) is 0 Å². The fourth-order valence-electron chi connectivity index (χ4n) is 2.01. The van der Waals surface area contributed by atoms with Crippen molar-refractivity contribution in [2.24, 2.45) is 0 Å². The summed E-state index contributed by atoms with van der Waals surface area (Å²) in [5, 5.41) is 12.5. The smallest absolute Gasteiger partial charge is 0.325 e. The van der Waals surface area contributed by atoms with E-state index in [-0.39, 0.29) is 0 Å². The van der Waals surface area contributed by atoms with Crippen molar-refractivity contribution in [3.63, 3.8) is 0 Å². The van der Waals surface area contributed by atoms with Crippen molar-refractivity contribution >= 4 is 40.6 Å². The molecule has 26 heavy (non-hydrogen) atoms. The first kappa shape index (κ1) is 20.1. The number of rotatable bonds is 5. The van der Waals surface area contributed by atoms with Crippen LogP contribution >= 0.6 is 23.4 Å². The summed E-state index contributed by atoms with van der Waals surface area (Å²) >= 11 is 7.09. The quantitative estimate of drug-likeness (QED) is 0.412. The maximum Gasteiger partial charge on any atom is 0.418 e. The number of alkyl halides is 3. The second kappa shape index (κ2) is 7.96. The van der Waals surface area contributed by atoms with Gasteiger partial charge in [-0.1, -0.05) is 23.7 Å². The molecule has 0 saturated carbocycles. The van der Waals surface area contributed by atoms with Crippen molar-refractivity contribution in [2.45, 2.75) is 23.2 Å². The van der Waals surface area contributed by atoms with E-state index in [1.54, 1.807) is 24.3 Å². The molecule has 138 valence electrons. The van der Waals surface area contributed by atoms with Crippen LogP contribution in [0.5, 0.6) is 0 Å². The summed E-state index contributed by atoms with van der Waals surface area (Å²) in [4.78, 5) is 22.6. The number of nitrogens with one attached hydrogen (secondary N) is 1. The van der Waals surface area contributed by atoms with Crippen LogP contribution in [-0.4, -0.2) is 16.1 Å². The van der Waals surface area contributed by atoms with Crippen LogP contribution in [0.25, 0.3) is 0 Å². The van der Waals surface area contributed by atoms with Crippen molar-refractivity contribution in [1.29, 1.82) is 0 Å². The van der Waals surface area contributed by atoms with Gasteiger partial charge in [-0.25, -0.2) is 0 Å². The van der Waals surface area contributed by atoms with E-state index in [0.717, 1.165) is 23.9 Å². The first-order valence-electron chi connectivity index (χ1n) is 7.17. The summed E-state index contributed by atoms with van der Waals surface area (Å²) in [5.74, 6) is -0.686. The molecule has 10 heteroatoms. The molecule has 2 aromatic rings. The minimum Gasteiger partial charge on any atom is -0.325 e. The summed E-state index contributed by atoms with van der Waals surface area (Å²) in [7, 11) is 0. The van der Waals surface area contributed by atoms with Crippen LogP contribution in [-0.2, 0) is 11.0 Å². The van der Waals surface area contributed by atoms with Crippen LogP contribution < -0.4 is 5.32 Å². The van der Waals surface area contributed by atoms with Gasteiger partial charge in [0, 0.05) is 17.0 Å². The number of thioether (sulfide) groups is 1. The van der Waals surface area contributed by atoms with Crippen LogP contribution in [0.3, 0.4) is 0 Å². The van der Waals surface area contributed by atoms with Crippen molar-refractivity contribution in [1.82, 2.24) is 0 Å². The Morgan fingerprint density at radius 1 is 1.27 bits per heavy atom. The normalized spacial score (nSPS) is 12.5. The van der Waals surface area contributed by atoms with Gasteiger partial charge in [-0.2, -0.15) is 13.2 Å². The molecule has 0 radical (unpaired) electrons. The molecule has 0 saturated heterocycles. The molecule has 0 aliphatic carbocycles. The number of halogens is 4. The molecule has 0 aromatic heterocycles. The standard InChI is InChI=1S/C16H12ClF3N2O3S/c1-9(26-14-5-3-2-4-12(14)17)15(23)21-13-7-6-10(22(24)25)8-11(13)16(18,19)20/h2-9H,1H3,(H,21,23)/t9-/m0/s1. The van der Waals surface area contributed by atoms with E-state index < -0.39 is 39.2 Å². The van der Waals surface area contributed by atoms with E-state index in [1.165, 1.54) is 6.92 Å². The van der Waals surface area contributed by atoms with Gasteiger partial charge < -0.3 is 5.32 Å². The topological polar surface area (TPSA) is 72.2 Å². The molecule has 1 atom stereocenters. The fraction of sp³-hybridized carbons (Fsp3) is 0.188. The molecule has 0 fully saturated rings. The number of hydrogen-bond acceptors (Lipinski definition) is 4. The molecule has 5 nitrogen and oxygen atoms in total. The highest BCUT2D eigenvalue weighted by Gasteiger charge is 2.36. The summed E-state index contributed by atoms with van der Waals surface area (Å²) in [6.45, 7) is 1.52. The summed E-state index contributed by atoms with van der Waals surface area (Å²) in [6, 6.07) is 8.90. The largest absolute Gasteiger partial charge is 0.418 e. The second-order valence-electron chi connectivity index (χ2n) is 5.16. The highest BCUT2D eigenvalue weighted by atomic mass is 35.5. The van der Waals surface area contributed by atoms with Crippen LogP contribution in [0.15, 0.2) is 47.4 Å². The Kier molecular flexibility index (Phi) is 6.14. The van der Waals surface area contributed by atoms with E-state index in [0.29, 0.717) is 16.0 Å². The van der Waals surface area contributed by atoms with Crippen LogP contribution in [0.1, 0.15) is 12.5 Å². The molecule has 0 aliphatic rings. The predicted octanol–water partition coefficient (Wildman–Crippen LogP) is 5.39. The van der Waals surface area contributed by atoms with Gasteiger partial charge in [0.05, 0.1) is 26.4 Å². The average Bonchev–Trinajstić information content (AvgIpc) is 2.56. The number of hydrogen-bond donors (Lipinski definition) is 1. The number of carbonyl (C=O) groups excluding carboxylic acids is 1. The molecule has 2 rings (SSSR count). The van der Waals surface area contributed by atoms with Crippen molar-refractivity contribution in [3.05, 3.63) is 63.2 Å². The first-order chi connectivity index (χ1) is 12.1. The summed E-state index contributed by atoms with van der Waals surface area (Å²) in [6.07, 6.45) is -4.85. The number of nitro benzene ring substituents is 1. The highest BCUT2D eigenvalue weighted by molar-refractivity contribution is 8.00. The molecule has 0 aliphatic heterocycles. The zero-order chi connectivity index (χ0) is 19.5. The van der Waals surface area contributed by atoms with Gasteiger partial charge in [0.1, 0.15) is 0 Å². The monoisotopic (exact) mass is 404 g/mol. The number of nitro groups is 1. The van der Waals surface area contributed by atoms with Gasteiger partial charge in [-0.15, -0.1) is 11.8 Å². The zero-order valence-corrected chi connectivity index (χ0v) is 14.8. The Morgan fingerprint density at radius 2 is 1.92 bits per heavy atom. The zero-order valence-electron chi connectivity index (χ0n) is 13.2. The lowest BCUT2D eigenvalue weighted by Gasteiger charge is -2.16. The third kappa shape index (κ3) is 4.89. The molecule has 0 unspecified atom stereocenters. The minimum atomic E-state index is -4.85. The lowest BCUT2D eigenvalue weighted by atomic mass is 10.1. The van der Waals surface area contributed by atoms with Gasteiger partial charge in [0.15, 0.2) is 0 Å². The van der Waals surface area contributed by atoms with Crippen LogP contribution in [0.2, 0.25) is 5.02 Å². The van der Waals surface area contributed by atoms with Crippen LogP contribution in [0, 0.1) is 10.1 Å². The lowest BCUT2D eigenvalue weighted by Crippen LogP contribution is -2.24. The Morgan fingerprint density at radius 3 is 2.50 bits per heavy atom. The summed E-state index contributed by atoms with van der Waals surface area (Å²) < 4.78 is 39.4. The molecule has 0 heterocycles. The minimum absolute atomic E-state index is 0.390. The van der Waals surface area contributed by atoms with Gasteiger partial charge in [-0.3, -0.25) is 14.9 Å². The number of anilines is 1. The highest BCUT2D eigenvalue weighted by Crippen LogP contribution is 2.37. The van der Waals surface area contributed by atoms with Crippen molar-refractivity contribution in [3.8, 4) is 0 Å².